The smallest absolute Gasteiger partial charge is 0.231 e. The quantitative estimate of drug-likeness (QED) is 0.870. The number of aryl methyl sites for hydroxylation is 2. The van der Waals surface area contributed by atoms with Crippen molar-refractivity contribution in [2.75, 3.05) is 5.32 Å². The maximum Gasteiger partial charge on any atom is 0.231 e. The summed E-state index contributed by atoms with van der Waals surface area (Å²) in [4.78, 5) is 25.1. The van der Waals surface area contributed by atoms with Crippen LogP contribution in [0.2, 0.25) is 0 Å². The molecule has 2 rings (SSSR count). The summed E-state index contributed by atoms with van der Waals surface area (Å²) >= 11 is 0. The maximum atomic E-state index is 12.9. The highest BCUT2D eigenvalue weighted by molar-refractivity contribution is 5.98. The van der Waals surface area contributed by atoms with E-state index in [-0.39, 0.29) is 24.3 Å². The summed E-state index contributed by atoms with van der Waals surface area (Å²) in [5.74, 6) is -0.0411. The molecule has 0 bridgehead atoms. The van der Waals surface area contributed by atoms with E-state index in [1.54, 1.807) is 0 Å². The molecular formula is C19H28N2O2. The fourth-order valence-electron chi connectivity index (χ4n) is 3.34. The normalized spacial score (nSPS) is 16.4. The van der Waals surface area contributed by atoms with Crippen LogP contribution in [-0.4, -0.2) is 17.9 Å². The number of nitrogens with one attached hydrogen (secondary N) is 2. The second kappa shape index (κ2) is 7.16. The van der Waals surface area contributed by atoms with E-state index in [1.807, 2.05) is 45.9 Å². The minimum atomic E-state index is -0.560. The summed E-state index contributed by atoms with van der Waals surface area (Å²) in [5.41, 5.74) is 2.45. The molecule has 2 N–H and O–H groups in total. The summed E-state index contributed by atoms with van der Waals surface area (Å²) in [6.45, 7) is 7.88. The van der Waals surface area contributed by atoms with Crippen LogP contribution in [-0.2, 0) is 9.59 Å². The Kier molecular flexibility index (Phi) is 5.45. The molecule has 2 amide bonds. The number of hydrogen-bond acceptors (Lipinski definition) is 2. The summed E-state index contributed by atoms with van der Waals surface area (Å²) in [7, 11) is 0. The zero-order chi connectivity index (χ0) is 17.0. The Balaban J connectivity index is 2.15. The molecule has 0 atom stereocenters. The highest BCUT2D eigenvalue weighted by atomic mass is 16.2. The van der Waals surface area contributed by atoms with Gasteiger partial charge in [-0.2, -0.15) is 0 Å². The Morgan fingerprint density at radius 2 is 1.83 bits per heavy atom. The number of carbonyl (C=O) groups is 2. The molecule has 1 saturated carbocycles. The molecule has 23 heavy (non-hydrogen) atoms. The van der Waals surface area contributed by atoms with Gasteiger partial charge in [0.15, 0.2) is 0 Å². The fourth-order valence-corrected chi connectivity index (χ4v) is 3.34. The van der Waals surface area contributed by atoms with E-state index in [9.17, 15) is 9.59 Å². The largest absolute Gasteiger partial charge is 0.354 e. The molecule has 4 heteroatoms. The SMILES string of the molecule is Cc1ccc(C)c(NC(=O)C2(CC(=O)NC(C)C)CCCC2)c1. The second-order valence-electron chi connectivity index (χ2n) is 7.16. The second-order valence-corrected chi connectivity index (χ2v) is 7.16. The molecule has 0 saturated heterocycles. The third-order valence-electron chi connectivity index (χ3n) is 4.63. The van der Waals surface area contributed by atoms with Crippen molar-refractivity contribution in [2.24, 2.45) is 5.41 Å². The molecule has 1 aliphatic rings. The van der Waals surface area contributed by atoms with Crippen LogP contribution in [0.1, 0.15) is 57.1 Å². The van der Waals surface area contributed by atoms with Crippen molar-refractivity contribution in [2.45, 2.75) is 65.8 Å². The molecule has 0 aromatic heterocycles. The van der Waals surface area contributed by atoms with Gasteiger partial charge in [0.25, 0.3) is 0 Å². The Morgan fingerprint density at radius 3 is 2.43 bits per heavy atom. The Bertz CT molecular complexity index is 587. The number of rotatable bonds is 5. The van der Waals surface area contributed by atoms with Crippen molar-refractivity contribution in [3.05, 3.63) is 29.3 Å². The first-order chi connectivity index (χ1) is 10.8. The minimum Gasteiger partial charge on any atom is -0.354 e. The van der Waals surface area contributed by atoms with Crippen LogP contribution in [0.15, 0.2) is 18.2 Å². The average Bonchev–Trinajstić information content (AvgIpc) is 2.91. The first kappa shape index (κ1) is 17.5. The minimum absolute atomic E-state index is 0.0115. The highest BCUT2D eigenvalue weighted by Gasteiger charge is 2.43. The van der Waals surface area contributed by atoms with Gasteiger partial charge >= 0.3 is 0 Å². The lowest BCUT2D eigenvalue weighted by Gasteiger charge is -2.28. The van der Waals surface area contributed by atoms with Crippen molar-refractivity contribution < 1.29 is 9.59 Å². The molecular weight excluding hydrogens is 288 g/mol. The summed E-state index contributed by atoms with van der Waals surface area (Å²) in [5, 5.41) is 5.99. The number of benzene rings is 1. The van der Waals surface area contributed by atoms with Crippen LogP contribution in [0, 0.1) is 19.3 Å². The number of amides is 2. The van der Waals surface area contributed by atoms with Gasteiger partial charge in [-0.15, -0.1) is 0 Å². The Labute approximate surface area is 139 Å². The van der Waals surface area contributed by atoms with E-state index in [2.05, 4.69) is 10.6 Å². The van der Waals surface area contributed by atoms with Gasteiger partial charge in [0, 0.05) is 18.2 Å². The topological polar surface area (TPSA) is 58.2 Å². The van der Waals surface area contributed by atoms with E-state index >= 15 is 0 Å². The molecule has 0 spiro atoms. The maximum absolute atomic E-state index is 12.9. The van der Waals surface area contributed by atoms with Crippen LogP contribution < -0.4 is 10.6 Å². The molecule has 126 valence electrons. The lowest BCUT2D eigenvalue weighted by molar-refractivity contribution is -0.132. The van der Waals surface area contributed by atoms with Gasteiger partial charge in [-0.05, 0) is 57.7 Å². The Hall–Kier alpha value is -1.84. The first-order valence-electron chi connectivity index (χ1n) is 8.50. The standard InChI is InChI=1S/C19H28N2O2/c1-13(2)20-17(22)12-19(9-5-6-10-19)18(23)21-16-11-14(3)7-8-15(16)4/h7-8,11,13H,5-6,9-10,12H2,1-4H3,(H,20,22)(H,21,23). The van der Waals surface area contributed by atoms with Crippen molar-refractivity contribution in [1.29, 1.82) is 0 Å². The summed E-state index contributed by atoms with van der Waals surface area (Å²) in [6, 6.07) is 6.14. The van der Waals surface area contributed by atoms with Gasteiger partial charge in [0.1, 0.15) is 0 Å². The lowest BCUT2D eigenvalue weighted by Crippen LogP contribution is -2.40. The first-order valence-corrected chi connectivity index (χ1v) is 8.50. The van der Waals surface area contributed by atoms with Gasteiger partial charge < -0.3 is 10.6 Å². The van der Waals surface area contributed by atoms with Crippen molar-refractivity contribution in [3.63, 3.8) is 0 Å². The molecule has 0 unspecified atom stereocenters. The molecule has 0 aliphatic heterocycles. The fraction of sp³-hybridized carbons (Fsp3) is 0.579. The van der Waals surface area contributed by atoms with Gasteiger partial charge in [-0.3, -0.25) is 9.59 Å². The number of anilines is 1. The summed E-state index contributed by atoms with van der Waals surface area (Å²) < 4.78 is 0. The molecule has 4 nitrogen and oxygen atoms in total. The van der Waals surface area contributed by atoms with Crippen molar-refractivity contribution in [1.82, 2.24) is 5.32 Å². The van der Waals surface area contributed by atoms with Crippen LogP contribution in [0.4, 0.5) is 5.69 Å². The van der Waals surface area contributed by atoms with Crippen LogP contribution in [0.3, 0.4) is 0 Å². The highest BCUT2D eigenvalue weighted by Crippen LogP contribution is 2.42. The lowest BCUT2D eigenvalue weighted by atomic mass is 9.81. The average molecular weight is 316 g/mol. The molecule has 1 fully saturated rings. The zero-order valence-electron chi connectivity index (χ0n) is 14.7. The van der Waals surface area contributed by atoms with E-state index in [4.69, 9.17) is 0 Å². The zero-order valence-corrected chi connectivity index (χ0v) is 14.7. The molecule has 1 aromatic rings. The summed E-state index contributed by atoms with van der Waals surface area (Å²) in [6.07, 6.45) is 3.87. The van der Waals surface area contributed by atoms with E-state index in [1.165, 1.54) is 0 Å². The van der Waals surface area contributed by atoms with Gasteiger partial charge in [-0.25, -0.2) is 0 Å². The van der Waals surface area contributed by atoms with Crippen LogP contribution >= 0.6 is 0 Å². The van der Waals surface area contributed by atoms with Gasteiger partial charge in [0.2, 0.25) is 11.8 Å². The Morgan fingerprint density at radius 1 is 1.17 bits per heavy atom. The van der Waals surface area contributed by atoms with E-state index in [0.29, 0.717) is 0 Å². The third-order valence-corrected chi connectivity index (χ3v) is 4.63. The molecule has 0 heterocycles. The van der Waals surface area contributed by atoms with Gasteiger partial charge in [-0.1, -0.05) is 25.0 Å². The van der Waals surface area contributed by atoms with Gasteiger partial charge in [0.05, 0.1) is 5.41 Å². The van der Waals surface area contributed by atoms with Crippen LogP contribution in [0.25, 0.3) is 0 Å². The van der Waals surface area contributed by atoms with Crippen LogP contribution in [0.5, 0.6) is 0 Å². The third kappa shape index (κ3) is 4.34. The number of hydrogen-bond donors (Lipinski definition) is 2. The molecule has 0 radical (unpaired) electrons. The van der Waals surface area contributed by atoms with Crippen molar-refractivity contribution >= 4 is 17.5 Å². The van der Waals surface area contributed by atoms with Crippen molar-refractivity contribution in [3.8, 4) is 0 Å². The predicted molar refractivity (Wildman–Crippen MR) is 93.3 cm³/mol. The predicted octanol–water partition coefficient (Wildman–Crippen LogP) is 3.72. The monoisotopic (exact) mass is 316 g/mol. The van der Waals surface area contributed by atoms with E-state index in [0.717, 1.165) is 42.5 Å². The molecule has 1 aromatic carbocycles. The van der Waals surface area contributed by atoms with E-state index < -0.39 is 5.41 Å². The molecule has 1 aliphatic carbocycles. The number of carbonyl (C=O) groups excluding carboxylic acids is 2.